The number of carbonyl (C=O) groups is 1. The van der Waals surface area contributed by atoms with Crippen LogP contribution in [0.1, 0.15) is 21.7 Å². The average Bonchev–Trinajstić information content (AvgIpc) is 2.82. The second kappa shape index (κ2) is 4.82. The van der Waals surface area contributed by atoms with E-state index in [1.165, 1.54) is 0 Å². The van der Waals surface area contributed by atoms with Crippen molar-refractivity contribution in [3.63, 3.8) is 0 Å². The van der Waals surface area contributed by atoms with Crippen molar-refractivity contribution in [2.45, 2.75) is 6.42 Å². The maximum absolute atomic E-state index is 10.7. The second-order valence-electron chi connectivity index (χ2n) is 4.18. The molecule has 0 unspecified atom stereocenters. The molecule has 0 aliphatic heterocycles. The zero-order valence-corrected chi connectivity index (χ0v) is 10.7. The van der Waals surface area contributed by atoms with Crippen molar-refractivity contribution in [1.82, 2.24) is 14.6 Å². The Bertz CT molecular complexity index is 751. The van der Waals surface area contributed by atoms with E-state index in [1.807, 2.05) is 24.3 Å². The van der Waals surface area contributed by atoms with Gasteiger partial charge in [0.2, 0.25) is 0 Å². The highest BCUT2D eigenvalue weighted by molar-refractivity contribution is 6.31. The van der Waals surface area contributed by atoms with E-state index in [-0.39, 0.29) is 0 Å². The predicted octanol–water partition coefficient (Wildman–Crippen LogP) is 2.79. The van der Waals surface area contributed by atoms with Crippen molar-refractivity contribution >= 4 is 23.5 Å². The summed E-state index contributed by atoms with van der Waals surface area (Å²) in [5.41, 5.74) is 2.23. The first-order chi connectivity index (χ1) is 9.26. The molecule has 0 aliphatic carbocycles. The molecule has 19 heavy (non-hydrogen) atoms. The van der Waals surface area contributed by atoms with Crippen molar-refractivity contribution in [3.8, 4) is 0 Å². The Morgan fingerprint density at radius 2 is 2.11 bits per heavy atom. The van der Waals surface area contributed by atoms with Crippen LogP contribution in [-0.4, -0.2) is 20.9 Å². The molecule has 3 rings (SSSR count). The van der Waals surface area contributed by atoms with Gasteiger partial charge in [0, 0.05) is 23.2 Å². The van der Waals surface area contributed by atoms with Gasteiger partial charge in [0.1, 0.15) is 6.29 Å². The summed E-state index contributed by atoms with van der Waals surface area (Å²) in [7, 11) is 0. The van der Waals surface area contributed by atoms with Crippen LogP contribution in [0.3, 0.4) is 0 Å². The summed E-state index contributed by atoms with van der Waals surface area (Å²) in [6.45, 7) is 0. The summed E-state index contributed by atoms with van der Waals surface area (Å²) >= 11 is 6.11. The Labute approximate surface area is 114 Å². The smallest absolute Gasteiger partial charge is 0.156 e. The Kier molecular flexibility index (Phi) is 3.01. The van der Waals surface area contributed by atoms with Crippen LogP contribution in [0.5, 0.6) is 0 Å². The monoisotopic (exact) mass is 271 g/mol. The van der Waals surface area contributed by atoms with E-state index >= 15 is 0 Å². The lowest BCUT2D eigenvalue weighted by atomic mass is 10.1. The fourth-order valence-corrected chi connectivity index (χ4v) is 2.11. The number of carbonyl (C=O) groups excluding carboxylic acids is 1. The third-order valence-corrected chi connectivity index (χ3v) is 3.22. The van der Waals surface area contributed by atoms with E-state index in [1.54, 1.807) is 22.8 Å². The van der Waals surface area contributed by atoms with Gasteiger partial charge < -0.3 is 0 Å². The Morgan fingerprint density at radius 1 is 1.26 bits per heavy atom. The lowest BCUT2D eigenvalue weighted by molar-refractivity contribution is 0.112. The van der Waals surface area contributed by atoms with Crippen LogP contribution < -0.4 is 0 Å². The minimum Gasteiger partial charge on any atom is -0.298 e. The van der Waals surface area contributed by atoms with E-state index in [0.29, 0.717) is 28.5 Å². The molecule has 1 aromatic carbocycles. The van der Waals surface area contributed by atoms with Gasteiger partial charge in [-0.1, -0.05) is 29.8 Å². The summed E-state index contributed by atoms with van der Waals surface area (Å²) in [5, 5.41) is 5.06. The number of nitrogens with zero attached hydrogens (tertiary/aromatic N) is 3. The number of aromatic nitrogens is 3. The van der Waals surface area contributed by atoms with Gasteiger partial charge in [-0.05, 0) is 23.8 Å². The summed E-state index contributed by atoms with van der Waals surface area (Å²) < 4.78 is 1.65. The Balaban J connectivity index is 1.98. The number of rotatable bonds is 3. The van der Waals surface area contributed by atoms with Gasteiger partial charge in [0.25, 0.3) is 0 Å². The SMILES string of the molecule is O=Cc1ccn2nc(Cc3ccccc3Cl)nc2c1. The van der Waals surface area contributed by atoms with Gasteiger partial charge in [0.05, 0.1) is 0 Å². The van der Waals surface area contributed by atoms with Crippen molar-refractivity contribution in [3.05, 3.63) is 64.6 Å². The molecule has 0 bridgehead atoms. The molecule has 0 fully saturated rings. The largest absolute Gasteiger partial charge is 0.298 e. The zero-order chi connectivity index (χ0) is 13.2. The highest BCUT2D eigenvalue weighted by Crippen LogP contribution is 2.17. The average molecular weight is 272 g/mol. The molecule has 0 N–H and O–H groups in total. The molecule has 0 saturated carbocycles. The van der Waals surface area contributed by atoms with Crippen LogP contribution in [0.25, 0.3) is 5.65 Å². The summed E-state index contributed by atoms with van der Waals surface area (Å²) in [6, 6.07) is 11.0. The van der Waals surface area contributed by atoms with Crippen molar-refractivity contribution in [1.29, 1.82) is 0 Å². The second-order valence-corrected chi connectivity index (χ2v) is 4.58. The normalized spacial score (nSPS) is 10.8. The molecule has 0 saturated heterocycles. The van der Waals surface area contributed by atoms with E-state index in [0.717, 1.165) is 11.8 Å². The minimum absolute atomic E-state index is 0.567. The van der Waals surface area contributed by atoms with E-state index < -0.39 is 0 Å². The fourth-order valence-electron chi connectivity index (χ4n) is 1.90. The van der Waals surface area contributed by atoms with Gasteiger partial charge in [-0.2, -0.15) is 5.10 Å². The molecule has 2 heterocycles. The minimum atomic E-state index is 0.567. The summed E-state index contributed by atoms with van der Waals surface area (Å²) in [5.74, 6) is 0.677. The molecular weight excluding hydrogens is 262 g/mol. The first-order valence-corrected chi connectivity index (χ1v) is 6.18. The summed E-state index contributed by atoms with van der Waals surface area (Å²) in [6.07, 6.45) is 3.09. The van der Waals surface area contributed by atoms with Gasteiger partial charge in [-0.25, -0.2) is 9.50 Å². The van der Waals surface area contributed by atoms with Gasteiger partial charge in [0.15, 0.2) is 11.5 Å². The van der Waals surface area contributed by atoms with E-state index in [2.05, 4.69) is 10.1 Å². The van der Waals surface area contributed by atoms with Crippen LogP contribution >= 0.6 is 11.6 Å². The van der Waals surface area contributed by atoms with Gasteiger partial charge >= 0.3 is 0 Å². The van der Waals surface area contributed by atoms with Crippen molar-refractivity contribution in [2.75, 3.05) is 0 Å². The lowest BCUT2D eigenvalue weighted by Gasteiger charge is -1.99. The highest BCUT2D eigenvalue weighted by Gasteiger charge is 2.07. The van der Waals surface area contributed by atoms with Crippen LogP contribution in [0.2, 0.25) is 5.02 Å². The molecule has 4 nitrogen and oxygen atoms in total. The van der Waals surface area contributed by atoms with Crippen LogP contribution in [0.15, 0.2) is 42.6 Å². The van der Waals surface area contributed by atoms with Crippen LogP contribution in [-0.2, 0) is 6.42 Å². The summed E-state index contributed by atoms with van der Waals surface area (Å²) in [4.78, 5) is 15.1. The third kappa shape index (κ3) is 2.35. The molecule has 0 spiro atoms. The molecule has 3 aromatic rings. The quantitative estimate of drug-likeness (QED) is 0.688. The van der Waals surface area contributed by atoms with Gasteiger partial charge in [-0.3, -0.25) is 4.79 Å². The van der Waals surface area contributed by atoms with Crippen LogP contribution in [0.4, 0.5) is 0 Å². The third-order valence-electron chi connectivity index (χ3n) is 2.85. The number of fused-ring (bicyclic) bond motifs is 1. The fraction of sp³-hybridized carbons (Fsp3) is 0.0714. The number of pyridine rings is 1. The predicted molar refractivity (Wildman–Crippen MR) is 72.6 cm³/mol. The number of hydrogen-bond donors (Lipinski definition) is 0. The Morgan fingerprint density at radius 3 is 2.89 bits per heavy atom. The van der Waals surface area contributed by atoms with Crippen LogP contribution in [0, 0.1) is 0 Å². The number of benzene rings is 1. The number of halogens is 1. The van der Waals surface area contributed by atoms with Crippen molar-refractivity contribution < 1.29 is 4.79 Å². The first kappa shape index (κ1) is 11.9. The lowest BCUT2D eigenvalue weighted by Crippen LogP contribution is -1.93. The highest BCUT2D eigenvalue weighted by atomic mass is 35.5. The molecule has 0 radical (unpaired) electrons. The molecule has 5 heteroatoms. The number of aldehydes is 1. The standard InChI is InChI=1S/C14H10ClN3O/c15-12-4-2-1-3-11(12)8-13-16-14-7-10(9-19)5-6-18(14)17-13/h1-7,9H,8H2. The molecule has 0 aliphatic rings. The van der Waals surface area contributed by atoms with Crippen molar-refractivity contribution in [2.24, 2.45) is 0 Å². The molecular formula is C14H10ClN3O. The van der Waals surface area contributed by atoms with Gasteiger partial charge in [-0.15, -0.1) is 0 Å². The molecule has 94 valence electrons. The zero-order valence-electron chi connectivity index (χ0n) is 9.95. The number of hydrogen-bond acceptors (Lipinski definition) is 3. The maximum Gasteiger partial charge on any atom is 0.156 e. The first-order valence-electron chi connectivity index (χ1n) is 5.80. The van der Waals surface area contributed by atoms with E-state index in [9.17, 15) is 4.79 Å². The Hall–Kier alpha value is -2.20. The molecule has 2 aromatic heterocycles. The topological polar surface area (TPSA) is 47.3 Å². The molecule has 0 amide bonds. The maximum atomic E-state index is 10.7. The molecule has 0 atom stereocenters. The van der Waals surface area contributed by atoms with E-state index in [4.69, 9.17) is 11.6 Å².